The van der Waals surface area contributed by atoms with Crippen molar-refractivity contribution in [2.24, 2.45) is 0 Å². The topological polar surface area (TPSA) is 34.2 Å². The highest BCUT2D eigenvalue weighted by Gasteiger charge is 2.20. The maximum atomic E-state index is 6.58. The zero-order valence-electron chi connectivity index (χ0n) is 21.3. The molecule has 0 N–H and O–H groups in total. The van der Waals surface area contributed by atoms with Crippen LogP contribution in [0.25, 0.3) is 49.4 Å². The van der Waals surface area contributed by atoms with E-state index in [-0.39, 0.29) is 0 Å². The second-order valence-corrected chi connectivity index (χ2v) is 9.97. The molecule has 3 heterocycles. The van der Waals surface area contributed by atoms with Crippen molar-refractivity contribution in [3.8, 4) is 5.69 Å². The predicted molar refractivity (Wildman–Crippen MR) is 161 cm³/mol. The van der Waals surface area contributed by atoms with Gasteiger partial charge in [-0.3, -0.25) is 4.98 Å². The number of para-hydroxylation sites is 3. The van der Waals surface area contributed by atoms with Crippen molar-refractivity contribution in [2.75, 3.05) is 4.90 Å². The van der Waals surface area contributed by atoms with Gasteiger partial charge in [-0.15, -0.1) is 0 Å². The number of rotatable bonds is 4. The normalized spacial score (nSPS) is 13.5. The maximum absolute atomic E-state index is 6.58. The fraction of sp³-hybridized carbons (Fsp3) is 0.0571. The zero-order valence-corrected chi connectivity index (χ0v) is 21.3. The predicted octanol–water partition coefficient (Wildman–Crippen LogP) is 9.45. The number of hydrogen-bond donors (Lipinski definition) is 0. The number of furan rings is 1. The van der Waals surface area contributed by atoms with Crippen LogP contribution in [0.2, 0.25) is 0 Å². The molecule has 0 unspecified atom stereocenters. The summed E-state index contributed by atoms with van der Waals surface area (Å²) < 4.78 is 8.86. The maximum Gasteiger partial charge on any atom is 0.162 e. The van der Waals surface area contributed by atoms with Gasteiger partial charge in [0.25, 0.3) is 0 Å². The van der Waals surface area contributed by atoms with E-state index in [9.17, 15) is 0 Å². The van der Waals surface area contributed by atoms with E-state index < -0.39 is 0 Å². The molecule has 3 aromatic heterocycles. The minimum atomic E-state index is 0.840. The Kier molecular flexibility index (Phi) is 4.92. The SMILES string of the molecule is C1=CC(N(c2ccccc2)c2ccc3oc4c(-n5c6ccccc6c6ccccc65)cncc4c3c2)=CCC1. The molecule has 1 aliphatic rings. The van der Waals surface area contributed by atoms with E-state index >= 15 is 0 Å². The highest BCUT2D eigenvalue weighted by Crippen LogP contribution is 2.40. The van der Waals surface area contributed by atoms with Crippen molar-refractivity contribution in [3.63, 3.8) is 0 Å². The molecule has 4 nitrogen and oxygen atoms in total. The van der Waals surface area contributed by atoms with Crippen LogP contribution in [0.5, 0.6) is 0 Å². The Labute approximate surface area is 225 Å². The summed E-state index contributed by atoms with van der Waals surface area (Å²) in [4.78, 5) is 7.03. The minimum absolute atomic E-state index is 0.840. The molecule has 0 saturated heterocycles. The number of allylic oxidation sites excluding steroid dienone is 3. The van der Waals surface area contributed by atoms with E-state index in [1.165, 1.54) is 16.5 Å². The molecule has 186 valence electrons. The van der Waals surface area contributed by atoms with Crippen LogP contribution in [0.4, 0.5) is 11.4 Å². The molecule has 0 aliphatic heterocycles. The molecule has 0 amide bonds. The fourth-order valence-electron chi connectivity index (χ4n) is 5.93. The molecular weight excluding hydrogens is 478 g/mol. The highest BCUT2D eigenvalue weighted by molar-refractivity contribution is 6.12. The van der Waals surface area contributed by atoms with Crippen molar-refractivity contribution < 1.29 is 4.42 Å². The quantitative estimate of drug-likeness (QED) is 0.240. The van der Waals surface area contributed by atoms with Crippen LogP contribution in [0.1, 0.15) is 12.8 Å². The summed E-state index contributed by atoms with van der Waals surface area (Å²) in [6.45, 7) is 0. The van der Waals surface area contributed by atoms with Gasteiger partial charge in [0.1, 0.15) is 11.3 Å². The Morgan fingerprint density at radius 1 is 0.667 bits per heavy atom. The summed E-state index contributed by atoms with van der Waals surface area (Å²) in [5.74, 6) is 0. The van der Waals surface area contributed by atoms with Gasteiger partial charge in [-0.25, -0.2) is 0 Å². The number of fused-ring (bicyclic) bond motifs is 6. The molecule has 1 aliphatic carbocycles. The van der Waals surface area contributed by atoms with E-state index in [2.05, 4.69) is 125 Å². The lowest BCUT2D eigenvalue weighted by Crippen LogP contribution is -2.16. The number of anilines is 2. The van der Waals surface area contributed by atoms with Gasteiger partial charge in [-0.2, -0.15) is 0 Å². The van der Waals surface area contributed by atoms with Crippen LogP contribution in [0, 0.1) is 0 Å². The van der Waals surface area contributed by atoms with Gasteiger partial charge in [0.2, 0.25) is 0 Å². The highest BCUT2D eigenvalue weighted by atomic mass is 16.3. The third kappa shape index (κ3) is 3.42. The van der Waals surface area contributed by atoms with Crippen molar-refractivity contribution in [2.45, 2.75) is 12.8 Å². The van der Waals surface area contributed by atoms with Gasteiger partial charge in [-0.05, 0) is 61.4 Å². The molecule has 0 bridgehead atoms. The smallest absolute Gasteiger partial charge is 0.162 e. The molecule has 39 heavy (non-hydrogen) atoms. The van der Waals surface area contributed by atoms with Crippen molar-refractivity contribution >= 4 is 55.1 Å². The van der Waals surface area contributed by atoms with E-state index in [0.29, 0.717) is 0 Å². The van der Waals surface area contributed by atoms with Gasteiger partial charge < -0.3 is 13.9 Å². The van der Waals surface area contributed by atoms with Crippen LogP contribution >= 0.6 is 0 Å². The second kappa shape index (κ2) is 8.74. The first-order valence-electron chi connectivity index (χ1n) is 13.4. The molecule has 0 spiro atoms. The Bertz CT molecular complexity index is 2020. The molecule has 4 heteroatoms. The number of hydrogen-bond acceptors (Lipinski definition) is 3. The first-order chi connectivity index (χ1) is 19.4. The summed E-state index contributed by atoms with van der Waals surface area (Å²) in [6.07, 6.45) is 12.7. The standard InChI is InChI=1S/C35H25N3O/c1-3-11-24(12-4-1)37(25-13-5-2-6-14-25)26-19-20-34-29(21-26)30-22-36-23-33(35(30)39-34)38-31-17-9-7-15-27(31)28-16-8-10-18-32(28)38/h1,3-5,7-23H,2,6H2. The van der Waals surface area contributed by atoms with Crippen molar-refractivity contribution in [1.29, 1.82) is 0 Å². The van der Waals surface area contributed by atoms with Crippen LogP contribution in [0.15, 0.2) is 138 Å². The molecule has 7 aromatic rings. The van der Waals surface area contributed by atoms with E-state index in [4.69, 9.17) is 9.40 Å². The monoisotopic (exact) mass is 503 g/mol. The third-order valence-corrected chi connectivity index (χ3v) is 7.67. The average Bonchev–Trinajstić information content (AvgIpc) is 3.54. The van der Waals surface area contributed by atoms with Crippen molar-refractivity contribution in [1.82, 2.24) is 9.55 Å². The van der Waals surface area contributed by atoms with Gasteiger partial charge in [-0.1, -0.05) is 66.7 Å². The second-order valence-electron chi connectivity index (χ2n) is 9.97. The Balaban J connectivity index is 1.37. The zero-order chi connectivity index (χ0) is 25.8. The molecule has 8 rings (SSSR count). The third-order valence-electron chi connectivity index (χ3n) is 7.67. The van der Waals surface area contributed by atoms with Gasteiger partial charge in [0.05, 0.1) is 17.2 Å². The number of nitrogens with zero attached hydrogens (tertiary/aromatic N) is 3. The van der Waals surface area contributed by atoms with E-state index in [1.807, 2.05) is 12.4 Å². The van der Waals surface area contributed by atoms with Crippen LogP contribution in [-0.4, -0.2) is 9.55 Å². The largest absolute Gasteiger partial charge is 0.454 e. The number of benzene rings is 4. The Morgan fingerprint density at radius 3 is 2.15 bits per heavy atom. The molecular formula is C35H25N3O. The molecule has 4 aromatic carbocycles. The first-order valence-corrected chi connectivity index (χ1v) is 13.4. The Hall–Kier alpha value is -5.09. The van der Waals surface area contributed by atoms with Gasteiger partial charge in [0.15, 0.2) is 5.58 Å². The van der Waals surface area contributed by atoms with Crippen LogP contribution < -0.4 is 4.90 Å². The summed E-state index contributed by atoms with van der Waals surface area (Å²) >= 11 is 0. The molecule has 0 radical (unpaired) electrons. The Morgan fingerprint density at radius 2 is 1.41 bits per heavy atom. The number of pyridine rings is 1. The van der Waals surface area contributed by atoms with Gasteiger partial charge >= 0.3 is 0 Å². The summed E-state index contributed by atoms with van der Waals surface area (Å²) in [7, 11) is 0. The summed E-state index contributed by atoms with van der Waals surface area (Å²) in [6, 6.07) is 34.1. The number of aromatic nitrogens is 2. The summed E-state index contributed by atoms with van der Waals surface area (Å²) in [5.41, 5.74) is 8.32. The molecule has 0 saturated carbocycles. The van der Waals surface area contributed by atoms with Gasteiger partial charge in [0, 0.05) is 44.8 Å². The lowest BCUT2D eigenvalue weighted by atomic mass is 10.1. The van der Waals surface area contributed by atoms with Crippen molar-refractivity contribution in [3.05, 3.63) is 133 Å². The van der Waals surface area contributed by atoms with E-state index in [1.54, 1.807) is 0 Å². The first kappa shape index (κ1) is 21.9. The fourth-order valence-corrected chi connectivity index (χ4v) is 5.93. The minimum Gasteiger partial charge on any atom is -0.454 e. The van der Waals surface area contributed by atoms with E-state index in [0.717, 1.165) is 62.9 Å². The van der Waals surface area contributed by atoms with Crippen LogP contribution in [0.3, 0.4) is 0 Å². The summed E-state index contributed by atoms with van der Waals surface area (Å²) in [5, 5.41) is 4.50. The lowest BCUT2D eigenvalue weighted by Gasteiger charge is -2.27. The average molecular weight is 504 g/mol. The molecule has 0 fully saturated rings. The molecule has 0 atom stereocenters. The lowest BCUT2D eigenvalue weighted by molar-refractivity contribution is 0.666. The van der Waals surface area contributed by atoms with Crippen LogP contribution in [-0.2, 0) is 0 Å².